The van der Waals surface area contributed by atoms with Gasteiger partial charge in [0.2, 0.25) is 0 Å². The molecule has 4 rings (SSSR count). The Balaban J connectivity index is 1.68. The number of amides is 1. The van der Waals surface area contributed by atoms with E-state index in [0.29, 0.717) is 29.3 Å². The lowest BCUT2D eigenvalue weighted by molar-refractivity contribution is 0.0696. The molecule has 0 bridgehead atoms. The predicted molar refractivity (Wildman–Crippen MR) is 109 cm³/mol. The molecule has 4 aromatic rings. The number of aryl methyl sites for hydroxylation is 1. The zero-order chi connectivity index (χ0) is 21.1. The fraction of sp³-hybridized carbons (Fsp3) is 0.0909. The first-order chi connectivity index (χ1) is 14.5. The summed E-state index contributed by atoms with van der Waals surface area (Å²) in [6.07, 6.45) is 1.82. The number of nitriles is 1. The van der Waals surface area contributed by atoms with Crippen LogP contribution in [0.25, 0.3) is 22.4 Å². The number of aromatic carboxylic acids is 1. The SMILES string of the molecule is N#CCCn1cc(C(=O)Nc2ccc(C(=O)O)cc2)c(-c2cc3ccccc3o2)n1. The summed E-state index contributed by atoms with van der Waals surface area (Å²) in [6.45, 7) is 0.338. The van der Waals surface area contributed by atoms with Crippen LogP contribution in [0.2, 0.25) is 0 Å². The maximum atomic E-state index is 12.9. The number of carboxylic acid groups (broad SMARTS) is 1. The molecule has 0 aliphatic rings. The Morgan fingerprint density at radius 2 is 1.93 bits per heavy atom. The quantitative estimate of drug-likeness (QED) is 0.501. The number of rotatable bonds is 6. The van der Waals surface area contributed by atoms with Gasteiger partial charge in [0.1, 0.15) is 11.3 Å². The number of carbonyl (C=O) groups excluding carboxylic acids is 1. The Kier molecular flexibility index (Phi) is 5.01. The maximum absolute atomic E-state index is 12.9. The molecule has 0 aliphatic heterocycles. The number of nitrogens with zero attached hydrogens (tertiary/aromatic N) is 3. The number of para-hydroxylation sites is 1. The zero-order valence-corrected chi connectivity index (χ0v) is 15.7. The fourth-order valence-electron chi connectivity index (χ4n) is 3.04. The molecular formula is C22H16N4O4. The standard InChI is InChI=1S/C22H16N4O4/c23-10-3-11-26-13-17(21(27)24-16-8-6-14(7-9-16)22(28)29)20(25-26)19-12-15-4-1-2-5-18(15)30-19/h1-2,4-9,12-13H,3,11H2,(H,24,27)(H,28,29). The molecule has 0 aliphatic carbocycles. The van der Waals surface area contributed by atoms with Crippen molar-refractivity contribution >= 4 is 28.5 Å². The van der Waals surface area contributed by atoms with Crippen molar-refractivity contribution in [3.63, 3.8) is 0 Å². The van der Waals surface area contributed by atoms with Crippen LogP contribution >= 0.6 is 0 Å². The van der Waals surface area contributed by atoms with Crippen LogP contribution in [0.1, 0.15) is 27.1 Å². The van der Waals surface area contributed by atoms with Crippen molar-refractivity contribution in [2.45, 2.75) is 13.0 Å². The molecule has 2 N–H and O–H groups in total. The second kappa shape index (κ2) is 7.93. The lowest BCUT2D eigenvalue weighted by Gasteiger charge is -2.05. The van der Waals surface area contributed by atoms with Crippen molar-refractivity contribution in [3.8, 4) is 17.5 Å². The summed E-state index contributed by atoms with van der Waals surface area (Å²) in [5.41, 5.74) is 1.90. The van der Waals surface area contributed by atoms with Gasteiger partial charge in [0, 0.05) is 17.3 Å². The zero-order valence-electron chi connectivity index (χ0n) is 15.7. The minimum Gasteiger partial charge on any atom is -0.478 e. The lowest BCUT2D eigenvalue weighted by atomic mass is 10.1. The Hall–Kier alpha value is -4.38. The maximum Gasteiger partial charge on any atom is 0.335 e. The van der Waals surface area contributed by atoms with Crippen LogP contribution in [-0.2, 0) is 6.54 Å². The van der Waals surface area contributed by atoms with Crippen LogP contribution in [-0.4, -0.2) is 26.8 Å². The highest BCUT2D eigenvalue weighted by molar-refractivity contribution is 6.08. The highest BCUT2D eigenvalue weighted by atomic mass is 16.4. The third kappa shape index (κ3) is 3.77. The second-order valence-electron chi connectivity index (χ2n) is 6.55. The van der Waals surface area contributed by atoms with Crippen molar-refractivity contribution < 1.29 is 19.1 Å². The van der Waals surface area contributed by atoms with Gasteiger partial charge in [-0.2, -0.15) is 10.4 Å². The molecule has 2 heterocycles. The van der Waals surface area contributed by atoms with Gasteiger partial charge in [-0.3, -0.25) is 9.48 Å². The molecule has 2 aromatic carbocycles. The fourth-order valence-corrected chi connectivity index (χ4v) is 3.04. The third-order valence-electron chi connectivity index (χ3n) is 4.51. The first-order valence-corrected chi connectivity index (χ1v) is 9.13. The molecule has 0 spiro atoms. The van der Waals surface area contributed by atoms with E-state index in [-0.39, 0.29) is 17.5 Å². The number of fused-ring (bicyclic) bond motifs is 1. The van der Waals surface area contributed by atoms with Crippen molar-refractivity contribution in [1.82, 2.24) is 9.78 Å². The summed E-state index contributed by atoms with van der Waals surface area (Å²) < 4.78 is 7.40. The molecule has 2 aromatic heterocycles. The minimum absolute atomic E-state index is 0.125. The van der Waals surface area contributed by atoms with Gasteiger partial charge in [0.05, 0.1) is 30.2 Å². The van der Waals surface area contributed by atoms with E-state index in [1.165, 1.54) is 28.9 Å². The summed E-state index contributed by atoms with van der Waals surface area (Å²) in [7, 11) is 0. The molecule has 8 nitrogen and oxygen atoms in total. The van der Waals surface area contributed by atoms with E-state index in [0.717, 1.165) is 5.39 Å². The minimum atomic E-state index is -1.04. The third-order valence-corrected chi connectivity index (χ3v) is 4.51. The molecule has 0 saturated heterocycles. The number of nitrogens with one attached hydrogen (secondary N) is 1. The number of carboxylic acids is 1. The largest absolute Gasteiger partial charge is 0.478 e. The Bertz CT molecular complexity index is 1250. The van der Waals surface area contributed by atoms with Crippen molar-refractivity contribution in [3.05, 3.63) is 71.9 Å². The summed E-state index contributed by atoms with van der Waals surface area (Å²) in [4.78, 5) is 23.9. The summed E-state index contributed by atoms with van der Waals surface area (Å²) in [5, 5.41) is 25.9. The van der Waals surface area contributed by atoms with E-state index in [1.807, 2.05) is 30.3 Å². The van der Waals surface area contributed by atoms with E-state index in [2.05, 4.69) is 16.5 Å². The number of benzene rings is 2. The first kappa shape index (κ1) is 19.0. The van der Waals surface area contributed by atoms with E-state index in [4.69, 9.17) is 14.8 Å². The molecule has 0 atom stereocenters. The number of aromatic nitrogens is 2. The van der Waals surface area contributed by atoms with Crippen molar-refractivity contribution in [2.75, 3.05) is 5.32 Å². The number of hydrogen-bond donors (Lipinski definition) is 2. The van der Waals surface area contributed by atoms with E-state index >= 15 is 0 Å². The molecule has 1 amide bonds. The Morgan fingerprint density at radius 3 is 2.63 bits per heavy atom. The van der Waals surface area contributed by atoms with E-state index < -0.39 is 11.9 Å². The van der Waals surface area contributed by atoms with Gasteiger partial charge < -0.3 is 14.8 Å². The van der Waals surface area contributed by atoms with Crippen LogP contribution < -0.4 is 5.32 Å². The van der Waals surface area contributed by atoms with E-state index in [9.17, 15) is 9.59 Å². The highest BCUT2D eigenvalue weighted by Gasteiger charge is 2.21. The lowest BCUT2D eigenvalue weighted by Crippen LogP contribution is -2.12. The van der Waals surface area contributed by atoms with Gasteiger partial charge in [-0.25, -0.2) is 4.79 Å². The highest BCUT2D eigenvalue weighted by Crippen LogP contribution is 2.29. The predicted octanol–water partition coefficient (Wildman–Crippen LogP) is 4.16. The monoisotopic (exact) mass is 400 g/mol. The van der Waals surface area contributed by atoms with Crippen molar-refractivity contribution in [1.29, 1.82) is 5.26 Å². The molecule has 0 fully saturated rings. The second-order valence-corrected chi connectivity index (χ2v) is 6.55. The first-order valence-electron chi connectivity index (χ1n) is 9.13. The summed E-state index contributed by atoms with van der Waals surface area (Å²) in [6, 6.07) is 17.2. The van der Waals surface area contributed by atoms with Gasteiger partial charge in [0.25, 0.3) is 5.91 Å². The number of furan rings is 1. The van der Waals surface area contributed by atoms with Crippen LogP contribution in [0.5, 0.6) is 0 Å². The smallest absolute Gasteiger partial charge is 0.335 e. The molecule has 0 unspecified atom stereocenters. The normalized spacial score (nSPS) is 10.6. The molecule has 148 valence electrons. The Morgan fingerprint density at radius 1 is 1.17 bits per heavy atom. The summed E-state index contributed by atoms with van der Waals surface area (Å²) >= 11 is 0. The van der Waals surface area contributed by atoms with Crippen LogP contribution in [0.4, 0.5) is 5.69 Å². The average Bonchev–Trinajstić information content (AvgIpc) is 3.36. The average molecular weight is 400 g/mol. The molecule has 30 heavy (non-hydrogen) atoms. The molecule has 0 saturated carbocycles. The molecular weight excluding hydrogens is 384 g/mol. The van der Waals surface area contributed by atoms with Crippen molar-refractivity contribution in [2.24, 2.45) is 0 Å². The topological polar surface area (TPSA) is 121 Å². The van der Waals surface area contributed by atoms with Gasteiger partial charge in [-0.15, -0.1) is 0 Å². The molecule has 8 heteroatoms. The summed E-state index contributed by atoms with van der Waals surface area (Å²) in [5.74, 6) is -1.02. The van der Waals surface area contributed by atoms with Gasteiger partial charge in [0.15, 0.2) is 5.76 Å². The number of anilines is 1. The van der Waals surface area contributed by atoms with Crippen LogP contribution in [0.3, 0.4) is 0 Å². The molecule has 0 radical (unpaired) electrons. The van der Waals surface area contributed by atoms with Crippen LogP contribution in [0.15, 0.2) is 65.2 Å². The van der Waals surface area contributed by atoms with E-state index in [1.54, 1.807) is 6.20 Å². The number of hydrogen-bond acceptors (Lipinski definition) is 5. The Labute approximate surface area is 171 Å². The van der Waals surface area contributed by atoms with Crippen LogP contribution in [0, 0.1) is 11.3 Å². The number of carbonyl (C=O) groups is 2. The van der Waals surface area contributed by atoms with Gasteiger partial charge in [-0.05, 0) is 36.4 Å². The van der Waals surface area contributed by atoms with Gasteiger partial charge >= 0.3 is 5.97 Å². The van der Waals surface area contributed by atoms with Gasteiger partial charge in [-0.1, -0.05) is 18.2 Å².